The van der Waals surface area contributed by atoms with Crippen LogP contribution < -0.4 is 18.9 Å². The number of rotatable bonds is 7. The second-order valence-corrected chi connectivity index (χ2v) is 8.54. The molecule has 2 aliphatic rings. The lowest BCUT2D eigenvalue weighted by Gasteiger charge is -2.35. The first-order valence-electron chi connectivity index (χ1n) is 9.42. The fourth-order valence-corrected chi connectivity index (χ4v) is 4.64. The first-order chi connectivity index (χ1) is 14.1. The molecule has 29 heavy (non-hydrogen) atoms. The molecule has 2 heterocycles. The molecule has 2 aromatic carbocycles. The summed E-state index contributed by atoms with van der Waals surface area (Å²) in [5.74, 6) is 1.71. The number of benzene rings is 2. The van der Waals surface area contributed by atoms with Crippen molar-refractivity contribution in [2.24, 2.45) is 0 Å². The van der Waals surface area contributed by atoms with Crippen molar-refractivity contribution in [2.75, 3.05) is 46.8 Å². The Balaban J connectivity index is 1.57. The predicted molar refractivity (Wildman–Crippen MR) is 106 cm³/mol. The zero-order chi connectivity index (χ0) is 20.3. The third kappa shape index (κ3) is 4.32. The van der Waals surface area contributed by atoms with Gasteiger partial charge in [-0.2, -0.15) is 0 Å². The van der Waals surface area contributed by atoms with Crippen LogP contribution in [0.15, 0.2) is 47.4 Å². The molecule has 0 spiro atoms. The first-order valence-corrected chi connectivity index (χ1v) is 10.9. The molecule has 0 radical (unpaired) electrons. The number of ether oxygens (including phenoxy) is 4. The van der Waals surface area contributed by atoms with E-state index in [4.69, 9.17) is 18.9 Å². The molecule has 2 aliphatic heterocycles. The lowest BCUT2D eigenvalue weighted by molar-refractivity contribution is 0.0167. The van der Waals surface area contributed by atoms with Crippen LogP contribution in [0.4, 0.5) is 0 Å². The van der Waals surface area contributed by atoms with Gasteiger partial charge in [0.2, 0.25) is 16.8 Å². The Labute approximate surface area is 170 Å². The van der Waals surface area contributed by atoms with Gasteiger partial charge in [-0.1, -0.05) is 18.2 Å². The Morgan fingerprint density at radius 2 is 1.86 bits per heavy atom. The molecule has 8 nitrogen and oxygen atoms in total. The van der Waals surface area contributed by atoms with E-state index in [9.17, 15) is 8.42 Å². The van der Waals surface area contributed by atoms with Crippen molar-refractivity contribution in [1.82, 2.24) is 9.62 Å². The molecule has 0 unspecified atom stereocenters. The van der Waals surface area contributed by atoms with Gasteiger partial charge in [0, 0.05) is 31.3 Å². The second kappa shape index (κ2) is 8.58. The minimum absolute atomic E-state index is 0.0964. The van der Waals surface area contributed by atoms with E-state index >= 15 is 0 Å². The third-order valence-electron chi connectivity index (χ3n) is 5.11. The minimum Gasteiger partial charge on any atom is -0.496 e. The number of para-hydroxylation sites is 1. The van der Waals surface area contributed by atoms with Crippen molar-refractivity contribution in [1.29, 1.82) is 0 Å². The summed E-state index contributed by atoms with van der Waals surface area (Å²) < 4.78 is 50.1. The zero-order valence-electron chi connectivity index (χ0n) is 16.2. The van der Waals surface area contributed by atoms with Crippen LogP contribution in [0.5, 0.6) is 17.2 Å². The topological polar surface area (TPSA) is 86.3 Å². The molecule has 1 atom stereocenters. The van der Waals surface area contributed by atoms with Gasteiger partial charge >= 0.3 is 0 Å². The van der Waals surface area contributed by atoms with E-state index < -0.39 is 10.0 Å². The highest BCUT2D eigenvalue weighted by molar-refractivity contribution is 7.89. The van der Waals surface area contributed by atoms with E-state index in [1.165, 1.54) is 12.1 Å². The Hall–Kier alpha value is -2.33. The lowest BCUT2D eigenvalue weighted by atomic mass is 10.0. The number of nitrogens with zero attached hydrogens (tertiary/aromatic N) is 1. The van der Waals surface area contributed by atoms with Crippen LogP contribution in [-0.2, 0) is 14.8 Å². The van der Waals surface area contributed by atoms with Crippen molar-refractivity contribution >= 4 is 10.0 Å². The molecule has 4 rings (SSSR count). The van der Waals surface area contributed by atoms with Crippen LogP contribution in [0, 0.1) is 0 Å². The first kappa shape index (κ1) is 20.0. The largest absolute Gasteiger partial charge is 0.496 e. The maximum absolute atomic E-state index is 12.9. The molecule has 0 amide bonds. The quantitative estimate of drug-likeness (QED) is 0.731. The summed E-state index contributed by atoms with van der Waals surface area (Å²) in [5, 5.41) is 0. The molecule has 0 bridgehead atoms. The number of methoxy groups -OCH3 is 1. The molecule has 2 aromatic rings. The van der Waals surface area contributed by atoms with Crippen molar-refractivity contribution in [3.63, 3.8) is 0 Å². The summed E-state index contributed by atoms with van der Waals surface area (Å²) in [6.07, 6.45) is 0. The van der Waals surface area contributed by atoms with Crippen LogP contribution in [-0.4, -0.2) is 60.1 Å². The Kier molecular flexibility index (Phi) is 5.91. The lowest BCUT2D eigenvalue weighted by Crippen LogP contribution is -2.43. The summed E-state index contributed by atoms with van der Waals surface area (Å²) >= 11 is 0. The Morgan fingerprint density at radius 1 is 1.10 bits per heavy atom. The molecule has 0 saturated carbocycles. The predicted octanol–water partition coefficient (Wildman–Crippen LogP) is 1.78. The minimum atomic E-state index is -3.73. The fourth-order valence-electron chi connectivity index (χ4n) is 3.58. The molecular formula is C20H24N2O6S. The molecular weight excluding hydrogens is 396 g/mol. The van der Waals surface area contributed by atoms with Crippen molar-refractivity contribution < 1.29 is 27.4 Å². The highest BCUT2D eigenvalue weighted by Crippen LogP contribution is 2.34. The van der Waals surface area contributed by atoms with Gasteiger partial charge in [-0.25, -0.2) is 13.1 Å². The average Bonchev–Trinajstić information content (AvgIpc) is 3.23. The normalized spacial score (nSPS) is 17.8. The number of nitrogens with one attached hydrogen (secondary N) is 1. The van der Waals surface area contributed by atoms with Crippen LogP contribution in [0.3, 0.4) is 0 Å². The number of sulfonamides is 1. The summed E-state index contributed by atoms with van der Waals surface area (Å²) in [4.78, 5) is 2.35. The van der Waals surface area contributed by atoms with Crippen molar-refractivity contribution in [3.05, 3.63) is 48.0 Å². The number of hydrogen-bond acceptors (Lipinski definition) is 7. The number of fused-ring (bicyclic) bond motifs is 1. The molecule has 9 heteroatoms. The fraction of sp³-hybridized carbons (Fsp3) is 0.400. The Morgan fingerprint density at radius 3 is 2.66 bits per heavy atom. The SMILES string of the molecule is COc1ccccc1[C@H](CNS(=O)(=O)c1ccc2c(c1)OCO2)N1CCOCC1. The average molecular weight is 420 g/mol. The molecule has 1 fully saturated rings. The van der Waals surface area contributed by atoms with Gasteiger partial charge in [0.15, 0.2) is 11.5 Å². The van der Waals surface area contributed by atoms with E-state index in [0.29, 0.717) is 37.8 Å². The van der Waals surface area contributed by atoms with E-state index in [-0.39, 0.29) is 24.3 Å². The van der Waals surface area contributed by atoms with Gasteiger partial charge in [-0.15, -0.1) is 0 Å². The maximum atomic E-state index is 12.9. The maximum Gasteiger partial charge on any atom is 0.240 e. The van der Waals surface area contributed by atoms with Gasteiger partial charge in [-0.3, -0.25) is 4.90 Å². The van der Waals surface area contributed by atoms with Gasteiger partial charge < -0.3 is 18.9 Å². The molecule has 1 saturated heterocycles. The number of morpholine rings is 1. The van der Waals surface area contributed by atoms with Crippen molar-refractivity contribution in [3.8, 4) is 17.2 Å². The van der Waals surface area contributed by atoms with Crippen LogP contribution in [0.1, 0.15) is 11.6 Å². The summed E-state index contributed by atoms with van der Waals surface area (Å²) in [7, 11) is -2.11. The standard InChI is InChI=1S/C20H24N2O6S/c1-25-18-5-3-2-4-16(18)17(22-8-10-26-11-9-22)13-21-29(23,24)15-6-7-19-20(12-15)28-14-27-19/h2-7,12,17,21H,8-11,13-14H2,1H3/t17-/m0/s1. The van der Waals surface area contributed by atoms with E-state index in [2.05, 4.69) is 9.62 Å². The third-order valence-corrected chi connectivity index (χ3v) is 6.53. The van der Waals surface area contributed by atoms with E-state index in [1.807, 2.05) is 24.3 Å². The second-order valence-electron chi connectivity index (χ2n) is 6.77. The van der Waals surface area contributed by atoms with E-state index in [1.54, 1.807) is 13.2 Å². The van der Waals surface area contributed by atoms with Crippen molar-refractivity contribution in [2.45, 2.75) is 10.9 Å². The van der Waals surface area contributed by atoms with Crippen LogP contribution in [0.25, 0.3) is 0 Å². The molecule has 0 aromatic heterocycles. The summed E-state index contributed by atoms with van der Waals surface area (Å²) in [5.41, 5.74) is 0.935. The summed E-state index contributed by atoms with van der Waals surface area (Å²) in [6, 6.07) is 12.1. The van der Waals surface area contributed by atoms with Gasteiger partial charge in [0.1, 0.15) is 5.75 Å². The summed E-state index contributed by atoms with van der Waals surface area (Å²) in [6.45, 7) is 2.96. The zero-order valence-corrected chi connectivity index (χ0v) is 17.0. The van der Waals surface area contributed by atoms with Gasteiger partial charge in [-0.05, 0) is 18.2 Å². The Bertz CT molecular complexity index is 959. The highest BCUT2D eigenvalue weighted by atomic mass is 32.2. The molecule has 156 valence electrons. The van der Waals surface area contributed by atoms with E-state index in [0.717, 1.165) is 11.3 Å². The van der Waals surface area contributed by atoms with Gasteiger partial charge in [0.05, 0.1) is 31.3 Å². The van der Waals surface area contributed by atoms with Crippen LogP contribution in [0.2, 0.25) is 0 Å². The molecule has 0 aliphatic carbocycles. The van der Waals surface area contributed by atoms with Crippen LogP contribution >= 0.6 is 0 Å². The number of hydrogen-bond donors (Lipinski definition) is 1. The molecule has 1 N–H and O–H groups in total. The van der Waals surface area contributed by atoms with Gasteiger partial charge in [0.25, 0.3) is 0 Å². The monoisotopic (exact) mass is 420 g/mol. The highest BCUT2D eigenvalue weighted by Gasteiger charge is 2.28. The smallest absolute Gasteiger partial charge is 0.240 e.